The fraction of sp³-hybridized carbons (Fsp3) is 0.375. The zero-order valence-electron chi connectivity index (χ0n) is 12.4. The second kappa shape index (κ2) is 6.16. The second-order valence-corrected chi connectivity index (χ2v) is 4.89. The van der Waals surface area contributed by atoms with Gasteiger partial charge in [-0.1, -0.05) is 19.9 Å². The molecule has 0 aliphatic carbocycles. The van der Waals surface area contributed by atoms with Crippen LogP contribution in [0.4, 0.5) is 8.78 Å². The Balaban J connectivity index is 2.52. The second-order valence-electron chi connectivity index (χ2n) is 4.89. The Bertz CT molecular complexity index is 657. The van der Waals surface area contributed by atoms with E-state index < -0.39 is 11.6 Å². The van der Waals surface area contributed by atoms with Gasteiger partial charge in [-0.05, 0) is 31.9 Å². The van der Waals surface area contributed by atoms with Crippen molar-refractivity contribution in [1.82, 2.24) is 9.78 Å². The number of hydrogen-bond donors (Lipinski definition) is 0. The third-order valence-electron chi connectivity index (χ3n) is 3.52. The zero-order chi connectivity index (χ0) is 15.6. The number of ketones is 1. The standard InChI is InChI=1S/C16H18F2N2O/c1-4-14-16(10(3)21)15(5-2)20(19-14)9-11-12(17)7-6-8-13(11)18/h6-8H,4-5,9H2,1-3H3. The summed E-state index contributed by atoms with van der Waals surface area (Å²) in [6, 6.07) is 3.77. The highest BCUT2D eigenvalue weighted by Crippen LogP contribution is 2.20. The van der Waals surface area contributed by atoms with Crippen LogP contribution in [0.15, 0.2) is 18.2 Å². The smallest absolute Gasteiger partial charge is 0.163 e. The van der Waals surface area contributed by atoms with Gasteiger partial charge in [0, 0.05) is 11.3 Å². The molecular weight excluding hydrogens is 274 g/mol. The van der Waals surface area contributed by atoms with Gasteiger partial charge in [0.05, 0.1) is 17.8 Å². The molecule has 1 aromatic heterocycles. The molecule has 21 heavy (non-hydrogen) atoms. The van der Waals surface area contributed by atoms with Crippen molar-refractivity contribution in [1.29, 1.82) is 0 Å². The van der Waals surface area contributed by atoms with Crippen LogP contribution in [0, 0.1) is 11.6 Å². The topological polar surface area (TPSA) is 34.9 Å². The SMILES string of the molecule is CCc1nn(Cc2c(F)cccc2F)c(CC)c1C(C)=O. The Labute approximate surface area is 122 Å². The first-order chi connectivity index (χ1) is 9.99. The summed E-state index contributed by atoms with van der Waals surface area (Å²) in [5.74, 6) is -1.27. The molecule has 1 aromatic carbocycles. The van der Waals surface area contributed by atoms with Crippen LogP contribution in [-0.2, 0) is 19.4 Å². The molecule has 5 heteroatoms. The highest BCUT2D eigenvalue weighted by molar-refractivity contribution is 5.96. The molecule has 0 aliphatic heterocycles. The van der Waals surface area contributed by atoms with Crippen LogP contribution < -0.4 is 0 Å². The Morgan fingerprint density at radius 1 is 1.19 bits per heavy atom. The number of carbonyl (C=O) groups is 1. The zero-order valence-corrected chi connectivity index (χ0v) is 12.4. The molecule has 0 saturated heterocycles. The van der Waals surface area contributed by atoms with E-state index in [-0.39, 0.29) is 17.9 Å². The van der Waals surface area contributed by atoms with E-state index in [2.05, 4.69) is 5.10 Å². The summed E-state index contributed by atoms with van der Waals surface area (Å²) in [4.78, 5) is 11.8. The lowest BCUT2D eigenvalue weighted by Crippen LogP contribution is -2.10. The predicted octanol–water partition coefficient (Wildman–Crippen LogP) is 3.54. The van der Waals surface area contributed by atoms with Gasteiger partial charge in [0.1, 0.15) is 11.6 Å². The van der Waals surface area contributed by atoms with E-state index in [4.69, 9.17) is 0 Å². The molecule has 0 N–H and O–H groups in total. The van der Waals surface area contributed by atoms with Crippen LogP contribution in [0.5, 0.6) is 0 Å². The first kappa shape index (κ1) is 15.4. The first-order valence-corrected chi connectivity index (χ1v) is 7.01. The third kappa shape index (κ3) is 2.86. The monoisotopic (exact) mass is 292 g/mol. The van der Waals surface area contributed by atoms with Gasteiger partial charge in [-0.15, -0.1) is 0 Å². The molecule has 0 bridgehead atoms. The summed E-state index contributed by atoms with van der Waals surface area (Å²) >= 11 is 0. The Kier molecular flexibility index (Phi) is 4.50. The van der Waals surface area contributed by atoms with Gasteiger partial charge in [0.25, 0.3) is 0 Å². The van der Waals surface area contributed by atoms with E-state index in [0.717, 1.165) is 5.69 Å². The largest absolute Gasteiger partial charge is 0.294 e. The third-order valence-corrected chi connectivity index (χ3v) is 3.52. The fourth-order valence-corrected chi connectivity index (χ4v) is 2.53. The summed E-state index contributed by atoms with van der Waals surface area (Å²) < 4.78 is 29.1. The normalized spacial score (nSPS) is 10.9. The van der Waals surface area contributed by atoms with Gasteiger partial charge >= 0.3 is 0 Å². The average molecular weight is 292 g/mol. The fourth-order valence-electron chi connectivity index (χ4n) is 2.53. The van der Waals surface area contributed by atoms with Crippen LogP contribution in [0.1, 0.15) is 48.1 Å². The summed E-state index contributed by atoms with van der Waals surface area (Å²) in [5, 5.41) is 4.36. The lowest BCUT2D eigenvalue weighted by Gasteiger charge is -2.09. The van der Waals surface area contributed by atoms with Crippen molar-refractivity contribution in [3.05, 3.63) is 52.3 Å². The van der Waals surface area contributed by atoms with Crippen LogP contribution in [-0.4, -0.2) is 15.6 Å². The van der Waals surface area contributed by atoms with Crippen molar-refractivity contribution in [2.75, 3.05) is 0 Å². The van der Waals surface area contributed by atoms with Gasteiger partial charge in [-0.3, -0.25) is 9.48 Å². The minimum absolute atomic E-state index is 0.0119. The quantitative estimate of drug-likeness (QED) is 0.790. The summed E-state index contributed by atoms with van der Waals surface area (Å²) in [6.45, 7) is 5.28. The van der Waals surface area contributed by atoms with Gasteiger partial charge in [-0.25, -0.2) is 8.78 Å². The molecule has 0 saturated carbocycles. The van der Waals surface area contributed by atoms with Crippen LogP contribution in [0.3, 0.4) is 0 Å². The summed E-state index contributed by atoms with van der Waals surface area (Å²) in [7, 11) is 0. The highest BCUT2D eigenvalue weighted by atomic mass is 19.1. The van der Waals surface area contributed by atoms with Crippen LogP contribution in [0.2, 0.25) is 0 Å². The summed E-state index contributed by atoms with van der Waals surface area (Å²) in [6.07, 6.45) is 1.19. The van der Waals surface area contributed by atoms with Gasteiger partial charge < -0.3 is 0 Å². The number of nitrogens with zero attached hydrogens (tertiary/aromatic N) is 2. The molecule has 1 heterocycles. The van der Waals surface area contributed by atoms with Gasteiger partial charge in [0.2, 0.25) is 0 Å². The van der Waals surface area contributed by atoms with Crippen molar-refractivity contribution >= 4 is 5.78 Å². The van der Waals surface area contributed by atoms with Gasteiger partial charge in [-0.2, -0.15) is 5.10 Å². The lowest BCUT2D eigenvalue weighted by atomic mass is 10.1. The number of halogens is 2. The van der Waals surface area contributed by atoms with Crippen molar-refractivity contribution in [2.45, 2.75) is 40.2 Å². The Morgan fingerprint density at radius 2 is 1.81 bits per heavy atom. The molecule has 0 radical (unpaired) electrons. The van der Waals surface area contributed by atoms with Gasteiger partial charge in [0.15, 0.2) is 5.78 Å². The molecule has 0 amide bonds. The molecule has 2 aromatic rings. The van der Waals surface area contributed by atoms with E-state index >= 15 is 0 Å². The predicted molar refractivity (Wildman–Crippen MR) is 76.4 cm³/mol. The maximum Gasteiger partial charge on any atom is 0.163 e. The van der Waals surface area contributed by atoms with Crippen molar-refractivity contribution in [3.8, 4) is 0 Å². The number of benzene rings is 1. The molecule has 0 spiro atoms. The number of hydrogen-bond acceptors (Lipinski definition) is 2. The molecule has 0 atom stereocenters. The number of aromatic nitrogens is 2. The Hall–Kier alpha value is -2.04. The maximum atomic E-state index is 13.8. The van der Waals surface area contributed by atoms with E-state index in [1.165, 1.54) is 29.8 Å². The van der Waals surface area contributed by atoms with Crippen molar-refractivity contribution < 1.29 is 13.6 Å². The van der Waals surface area contributed by atoms with E-state index in [0.29, 0.717) is 24.1 Å². The van der Waals surface area contributed by atoms with Crippen LogP contribution >= 0.6 is 0 Å². The summed E-state index contributed by atoms with van der Waals surface area (Å²) in [5.41, 5.74) is 1.95. The number of Topliss-reactive ketones (excluding diaryl/α,β-unsaturated/α-hetero) is 1. The van der Waals surface area contributed by atoms with Crippen LogP contribution in [0.25, 0.3) is 0 Å². The molecule has 2 rings (SSSR count). The van der Waals surface area contributed by atoms with Crippen molar-refractivity contribution in [2.24, 2.45) is 0 Å². The molecular formula is C16H18F2N2O. The highest BCUT2D eigenvalue weighted by Gasteiger charge is 2.20. The number of rotatable bonds is 5. The van der Waals surface area contributed by atoms with E-state index in [1.54, 1.807) is 0 Å². The maximum absolute atomic E-state index is 13.8. The lowest BCUT2D eigenvalue weighted by molar-refractivity contribution is 0.101. The molecule has 0 unspecified atom stereocenters. The Morgan fingerprint density at radius 3 is 2.29 bits per heavy atom. The van der Waals surface area contributed by atoms with E-state index in [1.807, 2.05) is 13.8 Å². The molecule has 112 valence electrons. The first-order valence-electron chi connectivity index (χ1n) is 7.01. The molecule has 0 fully saturated rings. The minimum atomic E-state index is -0.602. The average Bonchev–Trinajstić information content (AvgIpc) is 2.80. The van der Waals surface area contributed by atoms with Crippen molar-refractivity contribution in [3.63, 3.8) is 0 Å². The number of carbonyl (C=O) groups excluding carboxylic acids is 1. The van der Waals surface area contributed by atoms with E-state index in [9.17, 15) is 13.6 Å². The minimum Gasteiger partial charge on any atom is -0.294 e. The molecule has 3 nitrogen and oxygen atoms in total. The molecule has 0 aliphatic rings. The number of aryl methyl sites for hydroxylation is 1.